The highest BCUT2D eigenvalue weighted by atomic mass is 16.2. The molecule has 0 heterocycles. The zero-order valence-electron chi connectivity index (χ0n) is 25.4. The van der Waals surface area contributed by atoms with Crippen LogP contribution in [0.1, 0.15) is 107 Å². The van der Waals surface area contributed by atoms with Gasteiger partial charge in [-0.15, -0.1) is 0 Å². The number of hydrogen-bond acceptors (Lipinski definition) is 2. The summed E-state index contributed by atoms with van der Waals surface area (Å²) < 4.78 is 0. The van der Waals surface area contributed by atoms with Gasteiger partial charge in [0.25, 0.3) is 0 Å². The summed E-state index contributed by atoms with van der Waals surface area (Å²) in [7, 11) is 0. The highest BCUT2D eigenvalue weighted by Crippen LogP contribution is 2.54. The molecule has 1 saturated carbocycles. The van der Waals surface area contributed by atoms with E-state index in [1.807, 2.05) is 0 Å². The van der Waals surface area contributed by atoms with Crippen LogP contribution in [0.5, 0.6) is 0 Å². The summed E-state index contributed by atoms with van der Waals surface area (Å²) in [5, 5.41) is 0. The molecule has 0 aromatic rings. The van der Waals surface area contributed by atoms with Crippen LogP contribution in [0.4, 0.5) is 0 Å². The molecule has 1 fully saturated rings. The summed E-state index contributed by atoms with van der Waals surface area (Å²) in [5.74, 6) is 0.723. The monoisotopic (exact) mass is 516 g/mol. The third kappa shape index (κ3) is 7.45. The molecule has 3 aliphatic carbocycles. The molecule has 0 aliphatic heterocycles. The Morgan fingerprint density at radius 2 is 1.03 bits per heavy atom. The van der Waals surface area contributed by atoms with Gasteiger partial charge >= 0.3 is 0 Å². The molecule has 0 spiro atoms. The van der Waals surface area contributed by atoms with Gasteiger partial charge in [0, 0.05) is 11.8 Å². The number of fused-ring (bicyclic) bond motifs is 3. The molecule has 0 aromatic carbocycles. The molecular weight excluding hydrogens is 464 g/mol. The zero-order chi connectivity index (χ0) is 28.0. The maximum Gasteiger partial charge on any atom is 0.202 e. The van der Waals surface area contributed by atoms with Crippen LogP contribution < -0.4 is 0 Å². The van der Waals surface area contributed by atoms with Gasteiger partial charge in [0.1, 0.15) is 0 Å². The minimum absolute atomic E-state index is 0.0885. The van der Waals surface area contributed by atoms with Crippen molar-refractivity contribution < 1.29 is 9.59 Å². The van der Waals surface area contributed by atoms with E-state index in [9.17, 15) is 9.59 Å². The highest BCUT2D eigenvalue weighted by Gasteiger charge is 2.55. The van der Waals surface area contributed by atoms with Crippen LogP contribution in [-0.4, -0.2) is 11.6 Å². The minimum atomic E-state index is -0.145. The maximum absolute atomic E-state index is 13.4. The molecule has 3 rings (SSSR count). The quantitative estimate of drug-likeness (QED) is 0.214. The normalized spacial score (nSPS) is 29.7. The Morgan fingerprint density at radius 3 is 1.37 bits per heavy atom. The van der Waals surface area contributed by atoms with Crippen LogP contribution in [0.3, 0.4) is 0 Å². The number of carbonyl (C=O) groups excluding carboxylic acids is 2. The second kappa shape index (κ2) is 13.7. The lowest BCUT2D eigenvalue weighted by atomic mass is 9.51. The van der Waals surface area contributed by atoms with E-state index in [0.29, 0.717) is 11.8 Å². The van der Waals surface area contributed by atoms with Crippen molar-refractivity contribution in [2.24, 2.45) is 35.5 Å². The fourth-order valence-corrected chi connectivity index (χ4v) is 7.14. The Balaban J connectivity index is 1.89. The zero-order valence-corrected chi connectivity index (χ0v) is 25.4. The van der Waals surface area contributed by atoms with Gasteiger partial charge in [-0.05, 0) is 130 Å². The molecule has 0 saturated heterocycles. The van der Waals surface area contributed by atoms with Crippen molar-refractivity contribution in [2.75, 3.05) is 0 Å². The summed E-state index contributed by atoms with van der Waals surface area (Å²) >= 11 is 0. The highest BCUT2D eigenvalue weighted by molar-refractivity contribution is 6.39. The summed E-state index contributed by atoms with van der Waals surface area (Å²) in [6.07, 6.45) is 21.7. The molecule has 208 valence electrons. The third-order valence-corrected chi connectivity index (χ3v) is 9.40. The molecule has 3 aliphatic rings. The molecule has 6 unspecified atom stereocenters. The van der Waals surface area contributed by atoms with Crippen molar-refractivity contribution >= 4 is 11.6 Å². The van der Waals surface area contributed by atoms with Crippen LogP contribution in [0.15, 0.2) is 69.9 Å². The van der Waals surface area contributed by atoms with Crippen LogP contribution in [0.2, 0.25) is 0 Å². The molecule has 2 nitrogen and oxygen atoms in total. The average Bonchev–Trinajstić information content (AvgIpc) is 2.85. The first-order valence-corrected chi connectivity index (χ1v) is 15.0. The SMILES string of the molecule is CC(C)=CCCC(C)=CCC1C(C)=CCC2C(=O)C(=O)C3CC=C(C)C(CC=C(C)CCC=C(C)C)C3C21. The number of rotatable bonds is 10. The van der Waals surface area contributed by atoms with E-state index in [0.717, 1.165) is 51.4 Å². The van der Waals surface area contributed by atoms with Crippen molar-refractivity contribution in [3.8, 4) is 0 Å². The Kier molecular flexibility index (Phi) is 10.9. The van der Waals surface area contributed by atoms with E-state index in [2.05, 4.69) is 91.8 Å². The molecule has 0 N–H and O–H groups in total. The molecule has 2 heteroatoms. The van der Waals surface area contributed by atoms with Crippen LogP contribution >= 0.6 is 0 Å². The van der Waals surface area contributed by atoms with Gasteiger partial charge in [-0.25, -0.2) is 0 Å². The summed E-state index contributed by atoms with van der Waals surface area (Å²) in [6, 6.07) is 0. The van der Waals surface area contributed by atoms with E-state index in [4.69, 9.17) is 0 Å². The molecule has 0 bridgehead atoms. The predicted octanol–water partition coefficient (Wildman–Crippen LogP) is 9.70. The first-order chi connectivity index (χ1) is 18.0. The lowest BCUT2D eigenvalue weighted by molar-refractivity contribution is -0.152. The van der Waals surface area contributed by atoms with E-state index < -0.39 is 0 Å². The van der Waals surface area contributed by atoms with Crippen molar-refractivity contribution in [1.82, 2.24) is 0 Å². The third-order valence-electron chi connectivity index (χ3n) is 9.40. The lowest BCUT2D eigenvalue weighted by Crippen LogP contribution is -2.54. The van der Waals surface area contributed by atoms with E-state index >= 15 is 0 Å². The van der Waals surface area contributed by atoms with Gasteiger partial charge in [-0.3, -0.25) is 9.59 Å². The average molecular weight is 517 g/mol. The van der Waals surface area contributed by atoms with Gasteiger partial charge in [0.15, 0.2) is 0 Å². The minimum Gasteiger partial charge on any atom is -0.291 e. The van der Waals surface area contributed by atoms with Gasteiger partial charge < -0.3 is 0 Å². The fourth-order valence-electron chi connectivity index (χ4n) is 7.14. The smallest absolute Gasteiger partial charge is 0.202 e. The predicted molar refractivity (Wildman–Crippen MR) is 162 cm³/mol. The van der Waals surface area contributed by atoms with Crippen molar-refractivity contribution in [3.63, 3.8) is 0 Å². The van der Waals surface area contributed by atoms with Crippen molar-refractivity contribution in [3.05, 3.63) is 69.9 Å². The number of Topliss-reactive ketones (excluding diaryl/α,β-unsaturated/α-hetero) is 2. The fraction of sp³-hybridized carbons (Fsp3) is 0.611. The van der Waals surface area contributed by atoms with Gasteiger partial charge in [-0.1, -0.05) is 69.9 Å². The second-order valence-corrected chi connectivity index (χ2v) is 12.9. The van der Waals surface area contributed by atoms with Gasteiger partial charge in [-0.2, -0.15) is 0 Å². The van der Waals surface area contributed by atoms with E-state index in [1.54, 1.807) is 0 Å². The largest absolute Gasteiger partial charge is 0.291 e. The number of allylic oxidation sites excluding steroid dienone is 12. The molecule has 38 heavy (non-hydrogen) atoms. The summed E-state index contributed by atoms with van der Waals surface area (Å²) in [4.78, 5) is 26.8. The maximum atomic E-state index is 13.4. The number of hydrogen-bond donors (Lipinski definition) is 0. The standard InChI is InChI=1S/C36H52O2/c1-23(2)11-9-13-25(5)15-19-29-27(7)17-21-31-33(29)34-30(20-16-26(6)14-10-12-24(3)4)28(8)18-22-32(34)36(38)35(31)37/h11-12,15-18,29-34H,9-10,13-14,19-22H2,1-8H3. The Labute approximate surface area is 233 Å². The molecular formula is C36H52O2. The first kappa shape index (κ1) is 30.3. The van der Waals surface area contributed by atoms with Crippen LogP contribution in [-0.2, 0) is 9.59 Å². The van der Waals surface area contributed by atoms with Crippen LogP contribution in [0.25, 0.3) is 0 Å². The Bertz CT molecular complexity index is 979. The van der Waals surface area contributed by atoms with Crippen molar-refractivity contribution in [1.29, 1.82) is 0 Å². The summed E-state index contributed by atoms with van der Waals surface area (Å²) in [6.45, 7) is 17.6. The van der Waals surface area contributed by atoms with E-state index in [1.165, 1.54) is 33.4 Å². The summed E-state index contributed by atoms with van der Waals surface area (Å²) in [5.41, 5.74) is 8.43. The first-order valence-electron chi connectivity index (χ1n) is 15.0. The number of ketones is 2. The molecule has 6 atom stereocenters. The van der Waals surface area contributed by atoms with Gasteiger partial charge in [0.2, 0.25) is 11.6 Å². The number of carbonyl (C=O) groups is 2. The molecule has 0 aromatic heterocycles. The Morgan fingerprint density at radius 1 is 0.658 bits per heavy atom. The van der Waals surface area contributed by atoms with Gasteiger partial charge in [0.05, 0.1) is 0 Å². The molecule has 0 amide bonds. The molecule has 0 radical (unpaired) electrons. The van der Waals surface area contributed by atoms with E-state index in [-0.39, 0.29) is 35.2 Å². The van der Waals surface area contributed by atoms with Crippen molar-refractivity contribution in [2.45, 2.75) is 107 Å². The Hall–Kier alpha value is -2.22. The van der Waals surface area contributed by atoms with Crippen LogP contribution in [0, 0.1) is 35.5 Å². The lowest BCUT2D eigenvalue weighted by Gasteiger charge is -2.51. The topological polar surface area (TPSA) is 34.1 Å². The second-order valence-electron chi connectivity index (χ2n) is 12.9.